The van der Waals surface area contributed by atoms with Crippen molar-refractivity contribution in [3.05, 3.63) is 59.4 Å². The Hall–Kier alpha value is -2.60. The molecule has 0 bridgehead atoms. The predicted octanol–water partition coefficient (Wildman–Crippen LogP) is 3.61. The van der Waals surface area contributed by atoms with E-state index in [1.165, 1.54) is 12.1 Å². The van der Waals surface area contributed by atoms with E-state index in [1.807, 2.05) is 29.2 Å². The molecule has 4 rings (SSSR count). The monoisotopic (exact) mass is 412 g/mol. The number of benzene rings is 2. The van der Waals surface area contributed by atoms with Crippen molar-refractivity contribution in [1.29, 1.82) is 0 Å². The van der Waals surface area contributed by atoms with E-state index in [1.54, 1.807) is 20.3 Å². The zero-order chi connectivity index (χ0) is 21.1. The lowest BCUT2D eigenvalue weighted by atomic mass is 9.63. The number of rotatable bonds is 6. The van der Waals surface area contributed by atoms with Gasteiger partial charge in [-0.2, -0.15) is 0 Å². The highest BCUT2D eigenvalue weighted by molar-refractivity contribution is 5.89. The summed E-state index contributed by atoms with van der Waals surface area (Å²) < 4.78 is 24.6. The summed E-state index contributed by atoms with van der Waals surface area (Å²) in [5, 5.41) is 0. The van der Waals surface area contributed by atoms with Crippen molar-refractivity contribution < 1.29 is 18.7 Å². The van der Waals surface area contributed by atoms with Crippen LogP contribution in [0.15, 0.2) is 42.5 Å². The zero-order valence-electron chi connectivity index (χ0n) is 17.7. The van der Waals surface area contributed by atoms with Gasteiger partial charge in [0.05, 0.1) is 19.6 Å². The molecule has 1 saturated carbocycles. The summed E-state index contributed by atoms with van der Waals surface area (Å²) in [6, 6.07) is 12.4. The van der Waals surface area contributed by atoms with E-state index in [0.29, 0.717) is 13.1 Å². The molecular weight excluding hydrogens is 383 g/mol. The number of ether oxygens (including phenoxy) is 2. The second-order valence-electron chi connectivity index (χ2n) is 8.19. The molecule has 0 atom stereocenters. The minimum Gasteiger partial charge on any atom is -0.497 e. The number of hydrogen-bond acceptors (Lipinski definition) is 4. The summed E-state index contributed by atoms with van der Waals surface area (Å²) in [6.07, 6.45) is 2.62. The Morgan fingerprint density at radius 3 is 2.40 bits per heavy atom. The minimum atomic E-state index is -0.541. The van der Waals surface area contributed by atoms with Gasteiger partial charge in [0.15, 0.2) is 0 Å². The van der Waals surface area contributed by atoms with Gasteiger partial charge in [0.2, 0.25) is 5.91 Å². The van der Waals surface area contributed by atoms with Crippen LogP contribution in [0.1, 0.15) is 30.4 Å². The fourth-order valence-corrected chi connectivity index (χ4v) is 4.60. The highest BCUT2D eigenvalue weighted by Gasteiger charge is 2.48. The van der Waals surface area contributed by atoms with Gasteiger partial charge in [-0.1, -0.05) is 18.6 Å². The normalized spacial score (nSPS) is 18.6. The van der Waals surface area contributed by atoms with Crippen LogP contribution in [0.4, 0.5) is 4.39 Å². The number of methoxy groups -OCH3 is 2. The van der Waals surface area contributed by atoms with Gasteiger partial charge in [-0.3, -0.25) is 9.69 Å². The van der Waals surface area contributed by atoms with E-state index in [0.717, 1.165) is 61.5 Å². The first-order valence-corrected chi connectivity index (χ1v) is 10.5. The molecule has 1 heterocycles. The lowest BCUT2D eigenvalue weighted by Crippen LogP contribution is -2.56. The van der Waals surface area contributed by atoms with Crippen molar-refractivity contribution >= 4 is 5.91 Å². The molecule has 0 unspecified atom stereocenters. The van der Waals surface area contributed by atoms with Gasteiger partial charge in [0.25, 0.3) is 0 Å². The molecule has 0 N–H and O–H groups in total. The Kier molecular flexibility index (Phi) is 5.95. The summed E-state index contributed by atoms with van der Waals surface area (Å²) in [5.74, 6) is 1.53. The van der Waals surface area contributed by atoms with Gasteiger partial charge in [-0.25, -0.2) is 4.39 Å². The molecular formula is C24H29FN2O3. The van der Waals surface area contributed by atoms with Gasteiger partial charge in [0.1, 0.15) is 17.3 Å². The SMILES string of the molecule is COc1ccc(OC)c(CN2CCN(C(=O)C3(c4cccc(F)c4)CCC3)CC2)c1. The smallest absolute Gasteiger partial charge is 0.233 e. The van der Waals surface area contributed by atoms with Gasteiger partial charge in [-0.05, 0) is 48.7 Å². The highest BCUT2D eigenvalue weighted by Crippen LogP contribution is 2.45. The zero-order valence-corrected chi connectivity index (χ0v) is 17.7. The van der Waals surface area contributed by atoms with Crippen LogP contribution in [-0.4, -0.2) is 56.1 Å². The van der Waals surface area contributed by atoms with Gasteiger partial charge in [-0.15, -0.1) is 0 Å². The number of carbonyl (C=O) groups excluding carboxylic acids is 1. The van der Waals surface area contributed by atoms with Crippen molar-refractivity contribution in [2.24, 2.45) is 0 Å². The first-order valence-electron chi connectivity index (χ1n) is 10.5. The summed E-state index contributed by atoms with van der Waals surface area (Å²) in [6.45, 7) is 3.71. The van der Waals surface area contributed by atoms with Crippen LogP contribution >= 0.6 is 0 Å². The summed E-state index contributed by atoms with van der Waals surface area (Å²) in [5.41, 5.74) is 1.36. The molecule has 1 aliphatic heterocycles. The summed E-state index contributed by atoms with van der Waals surface area (Å²) in [4.78, 5) is 17.7. The molecule has 0 aromatic heterocycles. The number of amides is 1. The molecule has 2 fully saturated rings. The second kappa shape index (κ2) is 8.64. The topological polar surface area (TPSA) is 42.0 Å². The quantitative estimate of drug-likeness (QED) is 0.727. The molecule has 2 aliphatic rings. The third-order valence-electron chi connectivity index (χ3n) is 6.53. The van der Waals surface area contributed by atoms with Crippen LogP contribution < -0.4 is 9.47 Å². The number of piperazine rings is 1. The lowest BCUT2D eigenvalue weighted by molar-refractivity contribution is -0.142. The molecule has 6 heteroatoms. The van der Waals surface area contributed by atoms with Crippen molar-refractivity contribution in [1.82, 2.24) is 9.80 Å². The Labute approximate surface area is 177 Å². The Balaban J connectivity index is 1.42. The van der Waals surface area contributed by atoms with E-state index in [4.69, 9.17) is 9.47 Å². The van der Waals surface area contributed by atoms with Gasteiger partial charge >= 0.3 is 0 Å². The molecule has 1 saturated heterocycles. The third-order valence-corrected chi connectivity index (χ3v) is 6.53. The Morgan fingerprint density at radius 1 is 1.03 bits per heavy atom. The Morgan fingerprint density at radius 2 is 1.80 bits per heavy atom. The molecule has 0 spiro atoms. The van der Waals surface area contributed by atoms with Gasteiger partial charge < -0.3 is 14.4 Å². The average molecular weight is 413 g/mol. The van der Waals surface area contributed by atoms with E-state index in [9.17, 15) is 9.18 Å². The summed E-state index contributed by atoms with van der Waals surface area (Å²) >= 11 is 0. The average Bonchev–Trinajstić information content (AvgIpc) is 2.73. The lowest BCUT2D eigenvalue weighted by Gasteiger charge is -2.46. The highest BCUT2D eigenvalue weighted by atomic mass is 19.1. The van der Waals surface area contributed by atoms with E-state index < -0.39 is 5.41 Å². The molecule has 1 amide bonds. The van der Waals surface area contributed by atoms with Crippen LogP contribution in [0, 0.1) is 5.82 Å². The van der Waals surface area contributed by atoms with Crippen LogP contribution in [0.3, 0.4) is 0 Å². The predicted molar refractivity (Wildman–Crippen MR) is 113 cm³/mol. The largest absolute Gasteiger partial charge is 0.497 e. The molecule has 0 radical (unpaired) electrons. The molecule has 5 nitrogen and oxygen atoms in total. The number of hydrogen-bond donors (Lipinski definition) is 0. The molecule has 160 valence electrons. The molecule has 1 aliphatic carbocycles. The molecule has 2 aromatic carbocycles. The van der Waals surface area contributed by atoms with Crippen molar-refractivity contribution in [3.63, 3.8) is 0 Å². The molecule has 30 heavy (non-hydrogen) atoms. The maximum Gasteiger partial charge on any atom is 0.233 e. The van der Waals surface area contributed by atoms with Gasteiger partial charge in [0, 0.05) is 38.3 Å². The standard InChI is InChI=1S/C24H29FN2O3/c1-29-21-7-8-22(30-2)18(15-21)17-26-11-13-27(14-12-26)23(28)24(9-4-10-24)19-5-3-6-20(25)16-19/h3,5-8,15-16H,4,9-14,17H2,1-2H3. The second-order valence-corrected chi connectivity index (χ2v) is 8.19. The number of nitrogens with zero attached hydrogens (tertiary/aromatic N) is 2. The molecule has 2 aromatic rings. The fourth-order valence-electron chi connectivity index (χ4n) is 4.60. The minimum absolute atomic E-state index is 0.151. The maximum atomic E-state index is 13.8. The van der Waals surface area contributed by atoms with Crippen LogP contribution in [-0.2, 0) is 16.8 Å². The van der Waals surface area contributed by atoms with Crippen molar-refractivity contribution in [2.75, 3.05) is 40.4 Å². The Bertz CT molecular complexity index is 905. The van der Waals surface area contributed by atoms with Crippen molar-refractivity contribution in [3.8, 4) is 11.5 Å². The summed E-state index contributed by atoms with van der Waals surface area (Å²) in [7, 11) is 3.33. The van der Waals surface area contributed by atoms with Crippen molar-refractivity contribution in [2.45, 2.75) is 31.2 Å². The first kappa shape index (κ1) is 20.7. The fraction of sp³-hybridized carbons (Fsp3) is 0.458. The number of halogens is 1. The first-order chi connectivity index (χ1) is 14.6. The van der Waals surface area contributed by atoms with E-state index in [2.05, 4.69) is 4.90 Å². The van der Waals surface area contributed by atoms with E-state index >= 15 is 0 Å². The number of carbonyl (C=O) groups is 1. The van der Waals surface area contributed by atoms with Crippen LogP contribution in [0.5, 0.6) is 11.5 Å². The maximum absolute atomic E-state index is 13.8. The van der Waals surface area contributed by atoms with Crippen LogP contribution in [0.2, 0.25) is 0 Å². The van der Waals surface area contributed by atoms with Crippen LogP contribution in [0.25, 0.3) is 0 Å². The van der Waals surface area contributed by atoms with E-state index in [-0.39, 0.29) is 11.7 Å². The third kappa shape index (κ3) is 3.88.